The van der Waals surface area contributed by atoms with Crippen molar-refractivity contribution in [1.29, 1.82) is 0 Å². The number of methoxy groups -OCH3 is 1. The molecule has 5 aliphatic rings. The van der Waals surface area contributed by atoms with Crippen molar-refractivity contribution in [2.24, 2.45) is 39.4 Å². The lowest BCUT2D eigenvalue weighted by molar-refractivity contribution is -0.175. The van der Waals surface area contributed by atoms with Crippen LogP contribution in [0.5, 0.6) is 0 Å². The minimum atomic E-state index is -1.54. The van der Waals surface area contributed by atoms with Crippen LogP contribution in [0.1, 0.15) is 120 Å². The summed E-state index contributed by atoms with van der Waals surface area (Å²) in [6.07, 6.45) is 4.90. The van der Waals surface area contributed by atoms with Crippen molar-refractivity contribution in [3.8, 4) is 0 Å². The smallest absolute Gasteiger partial charge is 0.334 e. The summed E-state index contributed by atoms with van der Waals surface area (Å²) in [4.78, 5) is 37.1. The van der Waals surface area contributed by atoms with E-state index in [-0.39, 0.29) is 70.9 Å². The summed E-state index contributed by atoms with van der Waals surface area (Å²) in [6, 6.07) is 0. The largest absolute Gasteiger partial charge is 0.469 e. The Kier molecular flexibility index (Phi) is 9.42. The first-order valence-electron chi connectivity index (χ1n) is 17.7. The van der Waals surface area contributed by atoms with Gasteiger partial charge in [-0.05, 0) is 93.8 Å². The molecule has 1 heterocycles. The van der Waals surface area contributed by atoms with Crippen molar-refractivity contribution >= 4 is 17.9 Å². The molecule has 4 aliphatic carbocycles. The molecule has 10 atom stereocenters. The van der Waals surface area contributed by atoms with Gasteiger partial charge in [0.2, 0.25) is 0 Å². The third-order valence-electron chi connectivity index (χ3n) is 14.3. The molecule has 0 radical (unpaired) electrons. The normalized spacial score (nSPS) is 39.7. The molecule has 0 amide bonds. The van der Waals surface area contributed by atoms with Crippen LogP contribution in [0.2, 0.25) is 0 Å². The zero-order valence-corrected chi connectivity index (χ0v) is 30.0. The number of esters is 3. The van der Waals surface area contributed by atoms with Crippen LogP contribution in [0.4, 0.5) is 0 Å². The van der Waals surface area contributed by atoms with Crippen LogP contribution >= 0.6 is 0 Å². The zero-order chi connectivity index (χ0) is 34.9. The van der Waals surface area contributed by atoms with Crippen LogP contribution in [0.3, 0.4) is 0 Å². The summed E-state index contributed by atoms with van der Waals surface area (Å²) in [6.45, 7) is 16.6. The Labute approximate surface area is 280 Å². The topological polar surface area (TPSA) is 140 Å². The Morgan fingerprint density at radius 3 is 2.34 bits per heavy atom. The van der Waals surface area contributed by atoms with Gasteiger partial charge in [-0.25, -0.2) is 4.79 Å². The van der Waals surface area contributed by atoms with Crippen LogP contribution in [-0.4, -0.2) is 70.9 Å². The van der Waals surface area contributed by atoms with Gasteiger partial charge in [0.1, 0.15) is 12.2 Å². The first kappa shape index (κ1) is 36.1. The molecule has 0 aromatic heterocycles. The average molecular weight is 659 g/mol. The van der Waals surface area contributed by atoms with E-state index in [0.29, 0.717) is 30.4 Å². The van der Waals surface area contributed by atoms with Gasteiger partial charge in [-0.15, -0.1) is 0 Å². The fourth-order valence-corrected chi connectivity index (χ4v) is 11.4. The van der Waals surface area contributed by atoms with Crippen molar-refractivity contribution in [2.45, 2.75) is 144 Å². The van der Waals surface area contributed by atoms with E-state index < -0.39 is 29.7 Å². The molecule has 1 aliphatic heterocycles. The Balaban J connectivity index is 1.36. The van der Waals surface area contributed by atoms with Crippen LogP contribution in [0.25, 0.3) is 0 Å². The van der Waals surface area contributed by atoms with Crippen LogP contribution in [-0.2, 0) is 28.6 Å². The number of carbonyl (C=O) groups excluding carboxylic acids is 3. The molecule has 0 bridgehead atoms. The number of fused-ring (bicyclic) bond motifs is 4. The van der Waals surface area contributed by atoms with Crippen LogP contribution in [0, 0.1) is 39.4 Å². The van der Waals surface area contributed by atoms with Gasteiger partial charge in [-0.2, -0.15) is 0 Å². The van der Waals surface area contributed by atoms with Crippen LogP contribution in [0.15, 0.2) is 22.3 Å². The molecule has 2 saturated carbocycles. The number of rotatable bonds is 9. The van der Waals surface area contributed by atoms with Gasteiger partial charge < -0.3 is 29.5 Å². The maximum absolute atomic E-state index is 13.0. The lowest BCUT2D eigenvalue weighted by Gasteiger charge is -2.63. The predicted octanol–water partition coefficient (Wildman–Crippen LogP) is 5.58. The Morgan fingerprint density at radius 2 is 1.70 bits per heavy atom. The maximum atomic E-state index is 13.0. The van der Waals surface area contributed by atoms with Gasteiger partial charge in [-0.1, -0.05) is 52.7 Å². The quantitative estimate of drug-likeness (QED) is 0.165. The summed E-state index contributed by atoms with van der Waals surface area (Å²) >= 11 is 0. The van der Waals surface area contributed by atoms with Gasteiger partial charge >= 0.3 is 17.9 Å². The van der Waals surface area contributed by atoms with Gasteiger partial charge in [0.25, 0.3) is 0 Å². The standard InChI is InChI=1S/C38H58O9/c1-21(16-27-23(20-39)22(2)33(43)46-27)24-12-15-37(7)25-10-11-28-34(3,4)30(47-32(42)19-35(5,44)18-31(41)45-9)13-14-36(28,6)26(25)17-29(40)38(24,37)8/h21,24,27-30,39-40,44H,10-20H2,1-9H3. The molecule has 0 saturated heterocycles. The molecule has 264 valence electrons. The zero-order valence-electron chi connectivity index (χ0n) is 30.0. The second kappa shape index (κ2) is 12.3. The highest BCUT2D eigenvalue weighted by Gasteiger charge is 2.66. The Hall–Kier alpha value is -2.23. The summed E-state index contributed by atoms with van der Waals surface area (Å²) in [5.74, 6) is -0.756. The molecule has 0 aromatic carbocycles. The average Bonchev–Trinajstić information content (AvgIpc) is 3.42. The third kappa shape index (κ3) is 5.70. The van der Waals surface area contributed by atoms with Crippen molar-refractivity contribution in [1.82, 2.24) is 0 Å². The Bertz CT molecular complexity index is 1360. The molecular weight excluding hydrogens is 600 g/mol. The molecule has 47 heavy (non-hydrogen) atoms. The Morgan fingerprint density at radius 1 is 1.04 bits per heavy atom. The summed E-state index contributed by atoms with van der Waals surface area (Å²) in [7, 11) is 1.25. The molecule has 2 fully saturated rings. The molecular formula is C38H58O9. The number of ether oxygens (including phenoxy) is 3. The van der Waals surface area contributed by atoms with E-state index in [1.807, 2.05) is 0 Å². The van der Waals surface area contributed by atoms with Crippen molar-refractivity contribution in [2.75, 3.05) is 13.7 Å². The van der Waals surface area contributed by atoms with E-state index in [1.54, 1.807) is 6.92 Å². The van der Waals surface area contributed by atoms with Gasteiger partial charge in [-0.3, -0.25) is 9.59 Å². The summed E-state index contributed by atoms with van der Waals surface area (Å²) in [5, 5.41) is 32.8. The number of allylic oxidation sites excluding steroid dienone is 1. The first-order valence-corrected chi connectivity index (χ1v) is 17.7. The lowest BCUT2D eigenvalue weighted by atomic mass is 9.42. The fraction of sp³-hybridized carbons (Fsp3) is 0.816. The summed E-state index contributed by atoms with van der Waals surface area (Å²) in [5.41, 5.74) is 1.61. The monoisotopic (exact) mass is 658 g/mol. The van der Waals surface area contributed by atoms with E-state index in [9.17, 15) is 29.7 Å². The number of hydrogen-bond acceptors (Lipinski definition) is 9. The van der Waals surface area contributed by atoms with Gasteiger partial charge in [0, 0.05) is 22.0 Å². The van der Waals surface area contributed by atoms with E-state index in [0.717, 1.165) is 32.1 Å². The molecule has 9 nitrogen and oxygen atoms in total. The molecule has 9 heteroatoms. The maximum Gasteiger partial charge on any atom is 0.334 e. The van der Waals surface area contributed by atoms with Crippen molar-refractivity contribution in [3.05, 3.63) is 22.3 Å². The number of aliphatic hydroxyl groups is 3. The number of aliphatic hydroxyl groups excluding tert-OH is 2. The molecule has 3 N–H and O–H groups in total. The summed E-state index contributed by atoms with van der Waals surface area (Å²) < 4.78 is 16.4. The van der Waals surface area contributed by atoms with E-state index in [4.69, 9.17) is 9.47 Å². The molecule has 10 unspecified atom stereocenters. The molecule has 0 aromatic rings. The third-order valence-corrected chi connectivity index (χ3v) is 14.3. The SMILES string of the molecule is COC(=O)CC(C)(O)CC(=O)OC1CCC2(C)C3=C(CCC2C1(C)C)C1(C)CCC(C(C)CC2OC(=O)C(C)=C2CO)C1(C)C(O)C3. The van der Waals surface area contributed by atoms with Crippen molar-refractivity contribution < 1.29 is 43.9 Å². The predicted molar refractivity (Wildman–Crippen MR) is 176 cm³/mol. The lowest BCUT2D eigenvalue weighted by Crippen LogP contribution is -2.58. The highest BCUT2D eigenvalue weighted by molar-refractivity contribution is 5.91. The van der Waals surface area contributed by atoms with E-state index in [2.05, 4.69) is 46.3 Å². The highest BCUT2D eigenvalue weighted by atomic mass is 16.6. The van der Waals surface area contributed by atoms with Gasteiger partial charge in [0.15, 0.2) is 0 Å². The second-order valence-electron chi connectivity index (χ2n) is 17.1. The minimum absolute atomic E-state index is 0.137. The van der Waals surface area contributed by atoms with Crippen LogP contribution < -0.4 is 0 Å². The number of hydrogen-bond donors (Lipinski definition) is 3. The minimum Gasteiger partial charge on any atom is -0.469 e. The first-order chi connectivity index (χ1) is 21.8. The van der Waals surface area contributed by atoms with E-state index >= 15 is 0 Å². The van der Waals surface area contributed by atoms with Crippen molar-refractivity contribution in [3.63, 3.8) is 0 Å². The molecule has 5 rings (SSSR count). The number of cyclic esters (lactones) is 1. The number of carbonyl (C=O) groups is 3. The highest BCUT2D eigenvalue weighted by Crippen LogP contribution is 2.72. The second-order valence-corrected chi connectivity index (χ2v) is 17.1. The van der Waals surface area contributed by atoms with E-state index in [1.165, 1.54) is 25.2 Å². The van der Waals surface area contributed by atoms with Gasteiger partial charge in [0.05, 0.1) is 38.3 Å². The molecule has 0 spiro atoms. The fourth-order valence-electron chi connectivity index (χ4n) is 11.4.